The highest BCUT2D eigenvalue weighted by Crippen LogP contribution is 2.38. The third kappa shape index (κ3) is 4.29. The highest BCUT2D eigenvalue weighted by molar-refractivity contribution is 6.18. The molecule has 1 fully saturated rings. The molecule has 20 heavy (non-hydrogen) atoms. The van der Waals surface area contributed by atoms with Crippen molar-refractivity contribution >= 4 is 11.6 Å². The fourth-order valence-corrected chi connectivity index (χ4v) is 3.11. The number of halogens is 1. The summed E-state index contributed by atoms with van der Waals surface area (Å²) < 4.78 is 10.8. The largest absolute Gasteiger partial charge is 0.497 e. The maximum absolute atomic E-state index is 6.12. The van der Waals surface area contributed by atoms with Gasteiger partial charge in [0.05, 0.1) is 7.11 Å². The van der Waals surface area contributed by atoms with E-state index in [1.807, 2.05) is 24.3 Å². The summed E-state index contributed by atoms with van der Waals surface area (Å²) in [6, 6.07) is 7.67. The zero-order valence-corrected chi connectivity index (χ0v) is 12.9. The molecule has 0 amide bonds. The number of rotatable bonds is 8. The molecule has 1 aliphatic rings. The van der Waals surface area contributed by atoms with Gasteiger partial charge < -0.3 is 14.8 Å². The van der Waals surface area contributed by atoms with Crippen molar-refractivity contribution in [3.63, 3.8) is 0 Å². The Bertz CT molecular complexity index is 388. The van der Waals surface area contributed by atoms with E-state index in [-0.39, 0.29) is 0 Å². The van der Waals surface area contributed by atoms with E-state index in [0.29, 0.717) is 12.0 Å². The molecule has 0 radical (unpaired) electrons. The van der Waals surface area contributed by atoms with Gasteiger partial charge in [-0.2, -0.15) is 0 Å². The topological polar surface area (TPSA) is 30.5 Å². The third-order valence-electron chi connectivity index (χ3n) is 4.05. The number of nitrogens with one attached hydrogen (secondary N) is 1. The van der Waals surface area contributed by atoms with E-state index in [1.54, 1.807) is 7.11 Å². The Morgan fingerprint density at radius 3 is 2.40 bits per heavy atom. The highest BCUT2D eigenvalue weighted by Gasteiger charge is 2.32. The minimum atomic E-state index is 0.321. The lowest BCUT2D eigenvalue weighted by Gasteiger charge is -2.26. The second kappa shape index (κ2) is 7.75. The number of alkyl halides is 1. The first kappa shape index (κ1) is 15.5. The van der Waals surface area contributed by atoms with Crippen molar-refractivity contribution < 1.29 is 9.47 Å². The zero-order chi connectivity index (χ0) is 14.3. The number of methoxy groups -OCH3 is 1. The molecule has 1 saturated carbocycles. The van der Waals surface area contributed by atoms with E-state index in [9.17, 15) is 0 Å². The van der Waals surface area contributed by atoms with Gasteiger partial charge >= 0.3 is 0 Å². The van der Waals surface area contributed by atoms with Crippen molar-refractivity contribution in [3.05, 3.63) is 24.3 Å². The minimum Gasteiger partial charge on any atom is -0.497 e. The van der Waals surface area contributed by atoms with Crippen molar-refractivity contribution in [2.24, 2.45) is 5.41 Å². The quantitative estimate of drug-likeness (QED) is 0.589. The van der Waals surface area contributed by atoms with Crippen molar-refractivity contribution in [2.75, 3.05) is 32.7 Å². The summed E-state index contributed by atoms with van der Waals surface area (Å²) in [7, 11) is 1.66. The van der Waals surface area contributed by atoms with Crippen LogP contribution in [0.5, 0.6) is 11.5 Å². The van der Waals surface area contributed by atoms with Gasteiger partial charge in [-0.3, -0.25) is 0 Å². The van der Waals surface area contributed by atoms with E-state index < -0.39 is 0 Å². The summed E-state index contributed by atoms with van der Waals surface area (Å²) in [4.78, 5) is 0. The molecule has 1 aliphatic carbocycles. The summed E-state index contributed by atoms with van der Waals surface area (Å²) in [5, 5.41) is 3.48. The molecule has 0 aromatic heterocycles. The molecule has 1 aromatic carbocycles. The smallest absolute Gasteiger partial charge is 0.119 e. The predicted octanol–water partition coefficient (Wildman–Crippen LogP) is 3.46. The van der Waals surface area contributed by atoms with Crippen LogP contribution in [0.2, 0.25) is 0 Å². The van der Waals surface area contributed by atoms with Gasteiger partial charge in [-0.1, -0.05) is 12.8 Å². The second-order valence-electron chi connectivity index (χ2n) is 5.54. The van der Waals surface area contributed by atoms with Crippen LogP contribution in [0.25, 0.3) is 0 Å². The molecule has 1 aromatic rings. The zero-order valence-electron chi connectivity index (χ0n) is 12.2. The summed E-state index contributed by atoms with van der Waals surface area (Å²) in [6.45, 7) is 2.53. The Morgan fingerprint density at radius 2 is 1.80 bits per heavy atom. The summed E-state index contributed by atoms with van der Waals surface area (Å²) in [5.41, 5.74) is 0.321. The van der Waals surface area contributed by atoms with Gasteiger partial charge in [0.25, 0.3) is 0 Å². The van der Waals surface area contributed by atoms with Gasteiger partial charge in [0, 0.05) is 19.0 Å². The maximum atomic E-state index is 6.12. The molecule has 0 spiro atoms. The SMILES string of the molecule is COc1ccc(OCCNCC2(CCl)CCCC2)cc1. The van der Waals surface area contributed by atoms with Crippen LogP contribution in [0, 0.1) is 5.41 Å². The molecule has 3 nitrogen and oxygen atoms in total. The average molecular weight is 298 g/mol. The molecule has 0 saturated heterocycles. The van der Waals surface area contributed by atoms with Gasteiger partial charge in [-0.15, -0.1) is 11.6 Å². The number of ether oxygens (including phenoxy) is 2. The van der Waals surface area contributed by atoms with Crippen LogP contribution < -0.4 is 14.8 Å². The number of benzene rings is 1. The average Bonchev–Trinajstić information content (AvgIpc) is 2.97. The standard InChI is InChI=1S/C16H24ClNO2/c1-19-14-4-6-15(7-5-14)20-11-10-18-13-16(12-17)8-2-3-9-16/h4-7,18H,2-3,8-13H2,1H3. The molecule has 0 aliphatic heterocycles. The number of hydrogen-bond acceptors (Lipinski definition) is 3. The Hall–Kier alpha value is -0.930. The molecule has 2 rings (SSSR count). The van der Waals surface area contributed by atoms with Crippen molar-refractivity contribution in [3.8, 4) is 11.5 Å². The van der Waals surface area contributed by atoms with Crippen LogP contribution in [0.4, 0.5) is 0 Å². The first-order valence-electron chi connectivity index (χ1n) is 7.32. The first-order valence-corrected chi connectivity index (χ1v) is 7.85. The fraction of sp³-hybridized carbons (Fsp3) is 0.625. The first-order chi connectivity index (χ1) is 9.78. The summed E-state index contributed by atoms with van der Waals surface area (Å²) in [5.74, 6) is 2.49. The van der Waals surface area contributed by atoms with Crippen LogP contribution in [0.1, 0.15) is 25.7 Å². The van der Waals surface area contributed by atoms with Gasteiger partial charge in [0.1, 0.15) is 18.1 Å². The van der Waals surface area contributed by atoms with Crippen molar-refractivity contribution in [1.82, 2.24) is 5.32 Å². The van der Waals surface area contributed by atoms with E-state index >= 15 is 0 Å². The molecule has 0 unspecified atom stereocenters. The van der Waals surface area contributed by atoms with Gasteiger partial charge in [-0.05, 0) is 42.5 Å². The molecular weight excluding hydrogens is 274 g/mol. The van der Waals surface area contributed by atoms with E-state index in [4.69, 9.17) is 21.1 Å². The van der Waals surface area contributed by atoms with Crippen LogP contribution >= 0.6 is 11.6 Å². The lowest BCUT2D eigenvalue weighted by atomic mass is 9.88. The number of hydrogen-bond donors (Lipinski definition) is 1. The Labute approximate surface area is 126 Å². The maximum Gasteiger partial charge on any atom is 0.119 e. The molecule has 0 heterocycles. The lowest BCUT2D eigenvalue weighted by Crippen LogP contribution is -2.35. The minimum absolute atomic E-state index is 0.321. The Kier molecular flexibility index (Phi) is 5.99. The van der Waals surface area contributed by atoms with Gasteiger partial charge in [-0.25, -0.2) is 0 Å². The van der Waals surface area contributed by atoms with Crippen LogP contribution in [0.3, 0.4) is 0 Å². The van der Waals surface area contributed by atoms with Gasteiger partial charge in [0.15, 0.2) is 0 Å². The van der Waals surface area contributed by atoms with E-state index in [0.717, 1.165) is 30.5 Å². The molecule has 4 heteroatoms. The molecule has 112 valence electrons. The lowest BCUT2D eigenvalue weighted by molar-refractivity contribution is 0.280. The van der Waals surface area contributed by atoms with Gasteiger partial charge in [0.2, 0.25) is 0 Å². The second-order valence-corrected chi connectivity index (χ2v) is 5.81. The molecule has 0 atom stereocenters. The summed E-state index contributed by atoms with van der Waals surface area (Å²) in [6.07, 6.45) is 5.14. The normalized spacial score (nSPS) is 17.1. The van der Waals surface area contributed by atoms with E-state index in [1.165, 1.54) is 25.7 Å². The monoisotopic (exact) mass is 297 g/mol. The Morgan fingerprint density at radius 1 is 1.15 bits per heavy atom. The van der Waals surface area contributed by atoms with Crippen molar-refractivity contribution in [2.45, 2.75) is 25.7 Å². The molecule has 1 N–H and O–H groups in total. The highest BCUT2D eigenvalue weighted by atomic mass is 35.5. The Balaban J connectivity index is 1.63. The van der Waals surface area contributed by atoms with Crippen LogP contribution in [-0.4, -0.2) is 32.7 Å². The molecular formula is C16H24ClNO2. The predicted molar refractivity (Wildman–Crippen MR) is 83.0 cm³/mol. The van der Waals surface area contributed by atoms with Crippen LogP contribution in [0.15, 0.2) is 24.3 Å². The molecule has 0 bridgehead atoms. The third-order valence-corrected chi connectivity index (χ3v) is 4.62. The van der Waals surface area contributed by atoms with Crippen LogP contribution in [-0.2, 0) is 0 Å². The van der Waals surface area contributed by atoms with E-state index in [2.05, 4.69) is 5.32 Å². The fourth-order valence-electron chi connectivity index (χ4n) is 2.75. The summed E-state index contributed by atoms with van der Waals surface area (Å²) >= 11 is 6.12. The van der Waals surface area contributed by atoms with Crippen molar-refractivity contribution in [1.29, 1.82) is 0 Å².